The highest BCUT2D eigenvalue weighted by Gasteiger charge is 2.28. The maximum atomic E-state index is 12.4. The molecule has 0 aliphatic carbocycles. The van der Waals surface area contributed by atoms with Crippen LogP contribution in [0.15, 0.2) is 24.3 Å². The van der Waals surface area contributed by atoms with Crippen molar-refractivity contribution < 1.29 is 18.0 Å². The molecule has 0 saturated carbocycles. The number of nitrogens with zero attached hydrogens (tertiary/aromatic N) is 1. The van der Waals surface area contributed by atoms with Crippen molar-refractivity contribution in [1.29, 1.82) is 0 Å². The first-order valence-corrected chi connectivity index (χ1v) is 10.8. The lowest BCUT2D eigenvalue weighted by atomic mass is 10.0. The Labute approximate surface area is 164 Å². The molecule has 0 aromatic heterocycles. The van der Waals surface area contributed by atoms with E-state index < -0.39 is 22.1 Å². The molecule has 1 saturated heterocycles. The zero-order valence-electron chi connectivity index (χ0n) is 15.2. The van der Waals surface area contributed by atoms with Crippen LogP contribution in [-0.4, -0.2) is 49.5 Å². The molecule has 1 aromatic carbocycles. The fourth-order valence-electron chi connectivity index (χ4n) is 3.10. The van der Waals surface area contributed by atoms with Gasteiger partial charge in [-0.15, -0.1) is 0 Å². The number of carbonyl (C=O) groups excluding carboxylic acids is 2. The molecule has 1 atom stereocenters. The predicted molar refractivity (Wildman–Crippen MR) is 104 cm³/mol. The van der Waals surface area contributed by atoms with Crippen LogP contribution in [0.3, 0.4) is 0 Å². The Morgan fingerprint density at radius 1 is 1.30 bits per heavy atom. The molecule has 10 heteroatoms. The molecule has 1 aromatic rings. The third-order valence-corrected chi connectivity index (χ3v) is 6.79. The van der Waals surface area contributed by atoms with Gasteiger partial charge < -0.3 is 16.4 Å². The topological polar surface area (TPSA) is 122 Å². The minimum Gasteiger partial charge on any atom is -0.353 e. The zero-order valence-corrected chi connectivity index (χ0v) is 16.7. The van der Waals surface area contributed by atoms with E-state index in [-0.39, 0.29) is 24.1 Å². The van der Waals surface area contributed by atoms with Gasteiger partial charge in [-0.3, -0.25) is 4.79 Å². The number of rotatable bonds is 7. The minimum atomic E-state index is -3.20. The number of sulfonamides is 1. The average Bonchev–Trinajstić information content (AvgIpc) is 2.61. The van der Waals surface area contributed by atoms with Crippen molar-refractivity contribution in [2.75, 3.05) is 18.8 Å². The number of carbonyl (C=O) groups is 2. The van der Waals surface area contributed by atoms with Gasteiger partial charge in [0.15, 0.2) is 0 Å². The summed E-state index contributed by atoms with van der Waals surface area (Å²) in [5.41, 5.74) is 5.83. The summed E-state index contributed by atoms with van der Waals surface area (Å²) in [4.78, 5) is 23.7. The van der Waals surface area contributed by atoms with E-state index in [1.807, 2.05) is 0 Å². The van der Waals surface area contributed by atoms with E-state index in [1.165, 1.54) is 4.31 Å². The molecule has 0 radical (unpaired) electrons. The van der Waals surface area contributed by atoms with Gasteiger partial charge >= 0.3 is 6.03 Å². The van der Waals surface area contributed by atoms with Crippen LogP contribution < -0.4 is 16.4 Å². The Bertz CT molecular complexity index is 779. The lowest BCUT2D eigenvalue weighted by Crippen LogP contribution is -2.47. The molecule has 2 rings (SSSR count). The summed E-state index contributed by atoms with van der Waals surface area (Å²) in [5, 5.41) is 5.88. The number of urea groups is 1. The lowest BCUT2D eigenvalue weighted by Gasteiger charge is -2.31. The summed E-state index contributed by atoms with van der Waals surface area (Å²) in [5.74, 6) is -0.187. The molecule has 8 nitrogen and oxygen atoms in total. The summed E-state index contributed by atoms with van der Waals surface area (Å²) in [6.45, 7) is 2.38. The first-order chi connectivity index (χ1) is 12.7. The molecule has 27 heavy (non-hydrogen) atoms. The van der Waals surface area contributed by atoms with Crippen LogP contribution in [0.25, 0.3) is 0 Å². The van der Waals surface area contributed by atoms with Crippen LogP contribution in [0.5, 0.6) is 0 Å². The van der Waals surface area contributed by atoms with Crippen molar-refractivity contribution in [2.24, 2.45) is 5.73 Å². The highest BCUT2D eigenvalue weighted by atomic mass is 35.5. The minimum absolute atomic E-state index is 0.0137. The number of piperidine rings is 1. The lowest BCUT2D eigenvalue weighted by molar-refractivity contribution is -0.122. The van der Waals surface area contributed by atoms with Gasteiger partial charge in [-0.05, 0) is 31.4 Å². The third-order valence-electron chi connectivity index (χ3n) is 4.56. The monoisotopic (exact) mass is 416 g/mol. The largest absolute Gasteiger partial charge is 0.353 e. The van der Waals surface area contributed by atoms with Gasteiger partial charge in [-0.2, -0.15) is 0 Å². The molecule has 1 heterocycles. The number of hydrogen-bond donors (Lipinski definition) is 3. The van der Waals surface area contributed by atoms with Crippen molar-refractivity contribution in [1.82, 2.24) is 14.9 Å². The maximum Gasteiger partial charge on any atom is 0.312 e. The molecule has 1 fully saturated rings. The molecule has 1 aliphatic heterocycles. The number of nitrogens with two attached hydrogens (primary N) is 1. The van der Waals surface area contributed by atoms with Gasteiger partial charge in [-0.1, -0.05) is 29.8 Å². The van der Waals surface area contributed by atoms with Gasteiger partial charge in [0.1, 0.15) is 0 Å². The second-order valence-electron chi connectivity index (χ2n) is 6.43. The number of primary amides is 1. The third kappa shape index (κ3) is 6.08. The van der Waals surface area contributed by atoms with Gasteiger partial charge in [0.05, 0.1) is 18.2 Å². The highest BCUT2D eigenvalue weighted by molar-refractivity contribution is 7.89. The van der Waals surface area contributed by atoms with Crippen LogP contribution >= 0.6 is 11.6 Å². The smallest absolute Gasteiger partial charge is 0.312 e. The van der Waals surface area contributed by atoms with Gasteiger partial charge in [0.2, 0.25) is 15.9 Å². The summed E-state index contributed by atoms with van der Waals surface area (Å²) >= 11 is 6.16. The van der Waals surface area contributed by atoms with Crippen LogP contribution in [0.1, 0.15) is 37.8 Å². The van der Waals surface area contributed by atoms with E-state index in [4.69, 9.17) is 17.3 Å². The van der Waals surface area contributed by atoms with E-state index in [0.29, 0.717) is 36.5 Å². The molecular weight excluding hydrogens is 392 g/mol. The molecule has 0 spiro atoms. The first-order valence-electron chi connectivity index (χ1n) is 8.80. The fourth-order valence-corrected chi connectivity index (χ4v) is 4.50. The molecule has 150 valence electrons. The number of nitrogens with one attached hydrogen (secondary N) is 2. The molecule has 4 N–H and O–H groups in total. The van der Waals surface area contributed by atoms with Gasteiger partial charge in [0, 0.05) is 24.2 Å². The molecule has 0 unspecified atom stereocenters. The normalized spacial score (nSPS) is 17.3. The predicted octanol–water partition coefficient (Wildman–Crippen LogP) is 1.37. The van der Waals surface area contributed by atoms with Crippen LogP contribution in [0.2, 0.25) is 5.02 Å². The van der Waals surface area contributed by atoms with E-state index in [2.05, 4.69) is 10.6 Å². The van der Waals surface area contributed by atoms with Crippen LogP contribution in [-0.2, 0) is 14.8 Å². The number of hydrogen-bond acceptors (Lipinski definition) is 4. The van der Waals surface area contributed by atoms with E-state index in [9.17, 15) is 18.0 Å². The second-order valence-corrected chi connectivity index (χ2v) is 9.09. The van der Waals surface area contributed by atoms with E-state index in [1.54, 1.807) is 31.2 Å². The van der Waals surface area contributed by atoms with E-state index in [0.717, 1.165) is 0 Å². The summed E-state index contributed by atoms with van der Waals surface area (Å²) in [6, 6.07) is 5.42. The Morgan fingerprint density at radius 3 is 2.48 bits per heavy atom. The zero-order chi connectivity index (χ0) is 20.0. The Hall–Kier alpha value is -1.84. The summed E-state index contributed by atoms with van der Waals surface area (Å²) in [6.07, 6.45) is 1.08. The molecule has 0 bridgehead atoms. The summed E-state index contributed by atoms with van der Waals surface area (Å²) < 4.78 is 25.2. The maximum absolute atomic E-state index is 12.4. The van der Waals surface area contributed by atoms with E-state index >= 15 is 0 Å². The quantitative estimate of drug-likeness (QED) is 0.621. The van der Waals surface area contributed by atoms with Crippen LogP contribution in [0.4, 0.5) is 4.79 Å². The summed E-state index contributed by atoms with van der Waals surface area (Å²) in [7, 11) is -3.20. The second kappa shape index (κ2) is 9.38. The van der Waals surface area contributed by atoms with Crippen molar-refractivity contribution in [3.63, 3.8) is 0 Å². The van der Waals surface area contributed by atoms with Crippen molar-refractivity contribution >= 4 is 33.6 Å². The Balaban J connectivity index is 1.95. The van der Waals surface area contributed by atoms with Crippen molar-refractivity contribution in [3.8, 4) is 0 Å². The first kappa shape index (κ1) is 21.5. The average molecular weight is 417 g/mol. The number of amides is 3. The SMILES string of the molecule is CCS(=O)(=O)N1CCC(NC(=O)C[C@@H](NC(N)=O)c2ccccc2Cl)CC1. The van der Waals surface area contributed by atoms with Gasteiger partial charge in [0.25, 0.3) is 0 Å². The standard InChI is InChI=1S/C17H25ClN4O4S/c1-2-27(25,26)22-9-7-12(8-10-22)20-16(23)11-15(21-17(19)24)13-5-3-4-6-14(13)18/h3-6,12,15H,2,7-11H2,1H3,(H,20,23)(H3,19,21,24)/t15-/m1/s1. The van der Waals surface area contributed by atoms with Crippen molar-refractivity contribution in [3.05, 3.63) is 34.9 Å². The Morgan fingerprint density at radius 2 is 1.93 bits per heavy atom. The fraction of sp³-hybridized carbons (Fsp3) is 0.529. The number of benzene rings is 1. The van der Waals surface area contributed by atoms with Crippen LogP contribution in [0, 0.1) is 0 Å². The Kier molecular flexibility index (Phi) is 7.46. The molecule has 3 amide bonds. The van der Waals surface area contributed by atoms with Gasteiger partial charge in [-0.25, -0.2) is 17.5 Å². The van der Waals surface area contributed by atoms with Crippen molar-refractivity contribution in [2.45, 2.75) is 38.3 Å². The number of halogens is 1. The molecular formula is C17H25ClN4O4S. The highest BCUT2D eigenvalue weighted by Crippen LogP contribution is 2.25. The molecule has 1 aliphatic rings.